The molecule has 134 valence electrons. The molecule has 1 saturated heterocycles. The molecule has 0 bridgehead atoms. The standard InChI is InChI=1S/C19H26N4O2/c1-19(17-15(11-21-22-17)18(24)20-2)9-6-10-23(13-19)12-14-7-4-5-8-16(14)25-3/h4-5,7-8,11H,6,9-10,12-13H2,1-3H3,(H,20,24)(H,21,22)/t19-/m0/s1. The number of hydrogen-bond donors (Lipinski definition) is 2. The van der Waals surface area contributed by atoms with Gasteiger partial charge in [-0.2, -0.15) is 5.10 Å². The number of piperidine rings is 1. The summed E-state index contributed by atoms with van der Waals surface area (Å²) in [5.74, 6) is 0.828. The highest BCUT2D eigenvalue weighted by molar-refractivity contribution is 5.95. The van der Waals surface area contributed by atoms with Crippen molar-refractivity contribution < 1.29 is 9.53 Å². The summed E-state index contributed by atoms with van der Waals surface area (Å²) in [5, 5.41) is 9.90. The Bertz CT molecular complexity index is 743. The van der Waals surface area contributed by atoms with Crippen molar-refractivity contribution in [3.05, 3.63) is 47.3 Å². The van der Waals surface area contributed by atoms with Crippen molar-refractivity contribution >= 4 is 5.91 Å². The Balaban J connectivity index is 1.81. The third-order valence-corrected chi connectivity index (χ3v) is 5.08. The number of aromatic amines is 1. The van der Waals surface area contributed by atoms with Crippen molar-refractivity contribution in [2.75, 3.05) is 27.2 Å². The highest BCUT2D eigenvalue weighted by Crippen LogP contribution is 2.35. The van der Waals surface area contributed by atoms with Crippen LogP contribution in [-0.2, 0) is 12.0 Å². The van der Waals surface area contributed by atoms with Crippen LogP contribution in [0.15, 0.2) is 30.5 Å². The second kappa shape index (κ2) is 7.27. The number of likely N-dealkylation sites (tertiary alicyclic amines) is 1. The van der Waals surface area contributed by atoms with E-state index in [1.165, 1.54) is 5.56 Å². The molecule has 2 aromatic rings. The molecule has 1 aliphatic rings. The van der Waals surface area contributed by atoms with Gasteiger partial charge in [0.15, 0.2) is 0 Å². The van der Waals surface area contributed by atoms with E-state index < -0.39 is 0 Å². The first-order chi connectivity index (χ1) is 12.1. The lowest BCUT2D eigenvalue weighted by Gasteiger charge is -2.40. The summed E-state index contributed by atoms with van der Waals surface area (Å²) >= 11 is 0. The van der Waals surface area contributed by atoms with Crippen molar-refractivity contribution in [3.8, 4) is 5.75 Å². The third-order valence-electron chi connectivity index (χ3n) is 5.08. The highest BCUT2D eigenvalue weighted by Gasteiger charge is 2.37. The van der Waals surface area contributed by atoms with Gasteiger partial charge in [0.25, 0.3) is 5.91 Å². The number of ether oxygens (including phenoxy) is 1. The first-order valence-corrected chi connectivity index (χ1v) is 8.67. The summed E-state index contributed by atoms with van der Waals surface area (Å²) in [4.78, 5) is 14.6. The smallest absolute Gasteiger partial charge is 0.254 e. The summed E-state index contributed by atoms with van der Waals surface area (Å²) < 4.78 is 5.48. The van der Waals surface area contributed by atoms with E-state index in [9.17, 15) is 4.79 Å². The highest BCUT2D eigenvalue weighted by atomic mass is 16.5. The monoisotopic (exact) mass is 342 g/mol. The van der Waals surface area contributed by atoms with Crippen molar-refractivity contribution in [2.24, 2.45) is 0 Å². The van der Waals surface area contributed by atoms with Crippen LogP contribution < -0.4 is 10.1 Å². The van der Waals surface area contributed by atoms with Crippen LogP contribution >= 0.6 is 0 Å². The number of nitrogens with zero attached hydrogens (tertiary/aromatic N) is 2. The Morgan fingerprint density at radius 2 is 2.24 bits per heavy atom. The molecule has 0 saturated carbocycles. The number of H-pyrrole nitrogens is 1. The fourth-order valence-electron chi connectivity index (χ4n) is 3.81. The molecular weight excluding hydrogens is 316 g/mol. The molecule has 2 N–H and O–H groups in total. The van der Waals surface area contributed by atoms with E-state index in [1.807, 2.05) is 18.2 Å². The normalized spacial score (nSPS) is 21.1. The van der Waals surface area contributed by atoms with Gasteiger partial charge in [0.05, 0.1) is 24.6 Å². The van der Waals surface area contributed by atoms with Gasteiger partial charge in [-0.25, -0.2) is 0 Å². The topological polar surface area (TPSA) is 70.2 Å². The maximum Gasteiger partial charge on any atom is 0.254 e. The SMILES string of the molecule is CNC(=O)c1cn[nH]c1[C@@]1(C)CCCN(Cc2ccccc2OC)C1. The minimum atomic E-state index is -0.126. The van der Waals surface area contributed by atoms with E-state index in [0.29, 0.717) is 5.56 Å². The largest absolute Gasteiger partial charge is 0.496 e. The Labute approximate surface area is 148 Å². The lowest BCUT2D eigenvalue weighted by molar-refractivity contribution is 0.0955. The van der Waals surface area contributed by atoms with Crippen LogP contribution in [-0.4, -0.2) is 48.3 Å². The second-order valence-corrected chi connectivity index (χ2v) is 6.92. The van der Waals surface area contributed by atoms with E-state index in [-0.39, 0.29) is 11.3 Å². The number of methoxy groups -OCH3 is 1. The fourth-order valence-corrected chi connectivity index (χ4v) is 3.81. The molecular formula is C19H26N4O2. The minimum Gasteiger partial charge on any atom is -0.496 e. The Morgan fingerprint density at radius 1 is 1.44 bits per heavy atom. The average molecular weight is 342 g/mol. The maximum atomic E-state index is 12.1. The molecule has 3 rings (SSSR count). The van der Waals surface area contributed by atoms with E-state index in [0.717, 1.165) is 43.9 Å². The van der Waals surface area contributed by atoms with Crippen LogP contribution in [0.4, 0.5) is 0 Å². The number of para-hydroxylation sites is 1. The van der Waals surface area contributed by atoms with E-state index in [1.54, 1.807) is 20.4 Å². The van der Waals surface area contributed by atoms with Crippen LogP contribution in [0.1, 0.15) is 41.4 Å². The molecule has 2 heterocycles. The quantitative estimate of drug-likeness (QED) is 0.875. The van der Waals surface area contributed by atoms with Crippen molar-refractivity contribution in [1.82, 2.24) is 20.4 Å². The number of carbonyl (C=O) groups is 1. The molecule has 1 aromatic heterocycles. The molecule has 0 aliphatic carbocycles. The molecule has 6 nitrogen and oxygen atoms in total. The van der Waals surface area contributed by atoms with Crippen molar-refractivity contribution in [1.29, 1.82) is 0 Å². The van der Waals surface area contributed by atoms with Gasteiger partial charge in [-0.05, 0) is 25.5 Å². The summed E-state index contributed by atoms with van der Waals surface area (Å²) in [6, 6.07) is 8.14. The third kappa shape index (κ3) is 3.54. The molecule has 0 radical (unpaired) electrons. The summed E-state index contributed by atoms with van der Waals surface area (Å²) in [6.07, 6.45) is 3.73. The number of rotatable bonds is 5. The van der Waals surface area contributed by atoms with Crippen LogP contribution in [0.5, 0.6) is 5.75 Å². The van der Waals surface area contributed by atoms with E-state index in [2.05, 4.69) is 33.4 Å². The Hall–Kier alpha value is -2.34. The molecule has 6 heteroatoms. The Morgan fingerprint density at radius 3 is 3.00 bits per heavy atom. The van der Waals surface area contributed by atoms with Gasteiger partial charge in [0, 0.05) is 31.1 Å². The number of benzene rings is 1. The molecule has 0 spiro atoms. The number of hydrogen-bond acceptors (Lipinski definition) is 4. The molecule has 1 aromatic carbocycles. The van der Waals surface area contributed by atoms with Gasteiger partial charge in [0.1, 0.15) is 5.75 Å². The van der Waals surface area contributed by atoms with Crippen LogP contribution in [0.2, 0.25) is 0 Å². The van der Waals surface area contributed by atoms with Crippen LogP contribution in [0, 0.1) is 0 Å². The number of amides is 1. The number of nitrogens with one attached hydrogen (secondary N) is 2. The molecule has 1 atom stereocenters. The minimum absolute atomic E-state index is 0.0909. The van der Waals surface area contributed by atoms with Crippen LogP contribution in [0.25, 0.3) is 0 Å². The van der Waals surface area contributed by atoms with Crippen molar-refractivity contribution in [2.45, 2.75) is 31.7 Å². The lowest BCUT2D eigenvalue weighted by atomic mass is 9.77. The first kappa shape index (κ1) is 17.5. The maximum absolute atomic E-state index is 12.1. The molecule has 0 unspecified atom stereocenters. The molecule has 1 amide bonds. The zero-order chi connectivity index (χ0) is 17.9. The van der Waals surface area contributed by atoms with Gasteiger partial charge in [-0.15, -0.1) is 0 Å². The van der Waals surface area contributed by atoms with E-state index in [4.69, 9.17) is 4.74 Å². The summed E-state index contributed by atoms with van der Waals surface area (Å²) in [7, 11) is 3.36. The van der Waals surface area contributed by atoms with Gasteiger partial charge in [0.2, 0.25) is 0 Å². The number of aromatic nitrogens is 2. The summed E-state index contributed by atoms with van der Waals surface area (Å²) in [6.45, 7) is 4.96. The van der Waals surface area contributed by atoms with Gasteiger partial charge < -0.3 is 10.1 Å². The molecule has 1 aliphatic heterocycles. The van der Waals surface area contributed by atoms with Crippen molar-refractivity contribution in [3.63, 3.8) is 0 Å². The average Bonchev–Trinajstić information content (AvgIpc) is 3.12. The predicted octanol–water partition coefficient (Wildman–Crippen LogP) is 2.33. The van der Waals surface area contributed by atoms with Gasteiger partial charge >= 0.3 is 0 Å². The zero-order valence-electron chi connectivity index (χ0n) is 15.1. The van der Waals surface area contributed by atoms with E-state index >= 15 is 0 Å². The summed E-state index contributed by atoms with van der Waals surface area (Å²) in [5.41, 5.74) is 2.63. The first-order valence-electron chi connectivity index (χ1n) is 8.67. The predicted molar refractivity (Wildman–Crippen MR) is 96.8 cm³/mol. The molecule has 1 fully saturated rings. The van der Waals surface area contributed by atoms with Crippen LogP contribution in [0.3, 0.4) is 0 Å². The molecule has 25 heavy (non-hydrogen) atoms. The lowest BCUT2D eigenvalue weighted by Crippen LogP contribution is -2.45. The van der Waals surface area contributed by atoms with Gasteiger partial charge in [-0.1, -0.05) is 25.1 Å². The number of carbonyl (C=O) groups excluding carboxylic acids is 1. The van der Waals surface area contributed by atoms with Gasteiger partial charge in [-0.3, -0.25) is 14.8 Å². The Kier molecular flexibility index (Phi) is 5.08. The second-order valence-electron chi connectivity index (χ2n) is 6.92. The fraction of sp³-hybridized carbons (Fsp3) is 0.474. The zero-order valence-corrected chi connectivity index (χ0v) is 15.1.